The fourth-order valence-electron chi connectivity index (χ4n) is 4.61. The molecule has 0 spiro atoms. The fraction of sp³-hybridized carbons (Fsp3) is 0.273. The molecule has 4 heteroatoms. The molecule has 0 amide bonds. The molecule has 1 unspecified atom stereocenters. The molecule has 1 aromatic heterocycles. The van der Waals surface area contributed by atoms with E-state index in [-0.39, 0.29) is 5.78 Å². The van der Waals surface area contributed by atoms with E-state index < -0.39 is 0 Å². The molecule has 1 fully saturated rings. The van der Waals surface area contributed by atoms with Gasteiger partial charge in [0.15, 0.2) is 0 Å². The number of ketones is 1. The van der Waals surface area contributed by atoms with Gasteiger partial charge in [-0.25, -0.2) is 0 Å². The number of nitrogens with one attached hydrogen (secondary N) is 1. The Labute approximate surface area is 219 Å². The Balaban J connectivity index is 1.18. The number of aryl methyl sites for hydroxylation is 1. The summed E-state index contributed by atoms with van der Waals surface area (Å²) in [6.07, 6.45) is 7.83. The molecule has 188 valence electrons. The van der Waals surface area contributed by atoms with Crippen LogP contribution in [0.2, 0.25) is 0 Å². The van der Waals surface area contributed by atoms with E-state index in [9.17, 15) is 4.79 Å². The molecule has 1 N–H and O–H groups in total. The fourth-order valence-corrected chi connectivity index (χ4v) is 4.61. The van der Waals surface area contributed by atoms with Crippen LogP contribution in [0.5, 0.6) is 5.75 Å². The van der Waals surface area contributed by atoms with Gasteiger partial charge in [0, 0.05) is 37.3 Å². The van der Waals surface area contributed by atoms with Crippen LogP contribution in [0.3, 0.4) is 0 Å². The van der Waals surface area contributed by atoms with Crippen LogP contribution in [0.25, 0.3) is 11.1 Å². The highest BCUT2D eigenvalue weighted by molar-refractivity contribution is 5.81. The van der Waals surface area contributed by atoms with Crippen molar-refractivity contribution in [1.82, 2.24) is 10.3 Å². The lowest BCUT2D eigenvalue weighted by atomic mass is 9.96. The van der Waals surface area contributed by atoms with Crippen molar-refractivity contribution in [3.05, 3.63) is 120 Å². The molecule has 3 aromatic carbocycles. The van der Waals surface area contributed by atoms with Gasteiger partial charge in [-0.15, -0.1) is 0 Å². The number of Topliss-reactive ketones (excluding diaryl/α,β-unsaturated/α-hetero) is 1. The molecule has 0 bridgehead atoms. The Bertz CT molecular complexity index is 1310. The first kappa shape index (κ1) is 24.9. The lowest BCUT2D eigenvalue weighted by Gasteiger charge is -2.16. The normalized spacial score (nSPS) is 13.8. The monoisotopic (exact) mass is 490 g/mol. The van der Waals surface area contributed by atoms with Crippen molar-refractivity contribution in [2.24, 2.45) is 0 Å². The van der Waals surface area contributed by atoms with Crippen molar-refractivity contribution in [2.45, 2.75) is 57.7 Å². The molecular weight excluding hydrogens is 456 g/mol. The van der Waals surface area contributed by atoms with Crippen molar-refractivity contribution in [3.63, 3.8) is 0 Å². The third-order valence-electron chi connectivity index (χ3n) is 6.91. The first-order chi connectivity index (χ1) is 18.1. The minimum Gasteiger partial charge on any atom is -0.489 e. The van der Waals surface area contributed by atoms with Gasteiger partial charge >= 0.3 is 0 Å². The first-order valence-electron chi connectivity index (χ1n) is 13.2. The predicted octanol–water partition coefficient (Wildman–Crippen LogP) is 6.89. The van der Waals surface area contributed by atoms with E-state index in [0.717, 1.165) is 28.9 Å². The molecular formula is C33H34N2O2. The van der Waals surface area contributed by atoms with E-state index in [1.807, 2.05) is 42.6 Å². The van der Waals surface area contributed by atoms with Crippen LogP contribution in [-0.4, -0.2) is 16.8 Å². The number of carbonyl (C=O) groups is 1. The number of hydrogen-bond donors (Lipinski definition) is 1. The van der Waals surface area contributed by atoms with E-state index in [1.54, 1.807) is 6.20 Å². The average Bonchev–Trinajstić information content (AvgIpc) is 3.76. The van der Waals surface area contributed by atoms with Crippen LogP contribution in [0, 0.1) is 0 Å². The van der Waals surface area contributed by atoms with Gasteiger partial charge in [-0.05, 0) is 83.8 Å². The number of carbonyl (C=O) groups excluding carboxylic acids is 1. The van der Waals surface area contributed by atoms with Gasteiger partial charge in [-0.2, -0.15) is 0 Å². The van der Waals surface area contributed by atoms with Crippen molar-refractivity contribution < 1.29 is 9.53 Å². The second-order valence-electron chi connectivity index (χ2n) is 9.95. The number of rotatable bonds is 12. The predicted molar refractivity (Wildman–Crippen MR) is 148 cm³/mol. The maximum absolute atomic E-state index is 12.4. The Morgan fingerprint density at radius 1 is 0.973 bits per heavy atom. The zero-order chi connectivity index (χ0) is 25.5. The summed E-state index contributed by atoms with van der Waals surface area (Å²) in [5, 5.41) is 3.69. The van der Waals surface area contributed by atoms with Gasteiger partial charge in [0.1, 0.15) is 18.1 Å². The van der Waals surface area contributed by atoms with Crippen LogP contribution in [0.4, 0.5) is 0 Å². The third kappa shape index (κ3) is 7.14. The van der Waals surface area contributed by atoms with E-state index in [4.69, 9.17) is 4.74 Å². The highest BCUT2D eigenvalue weighted by Gasteiger charge is 2.23. The lowest BCUT2D eigenvalue weighted by Crippen LogP contribution is -2.20. The summed E-state index contributed by atoms with van der Waals surface area (Å²) in [5.41, 5.74) is 6.97. The Morgan fingerprint density at radius 3 is 2.59 bits per heavy atom. The van der Waals surface area contributed by atoms with Crippen LogP contribution < -0.4 is 10.1 Å². The second kappa shape index (κ2) is 12.0. The molecule has 1 aliphatic carbocycles. The molecule has 0 saturated heterocycles. The minimum absolute atomic E-state index is 0.232. The number of nitrogens with zero attached hydrogens (tertiary/aromatic N) is 1. The molecule has 4 nitrogen and oxygen atoms in total. The summed E-state index contributed by atoms with van der Waals surface area (Å²) in [4.78, 5) is 16.5. The van der Waals surface area contributed by atoms with Crippen LogP contribution in [0.1, 0.15) is 54.5 Å². The van der Waals surface area contributed by atoms with Gasteiger partial charge in [0.2, 0.25) is 0 Å². The zero-order valence-corrected chi connectivity index (χ0v) is 21.4. The van der Waals surface area contributed by atoms with Gasteiger partial charge in [0.05, 0.1) is 0 Å². The third-order valence-corrected chi connectivity index (χ3v) is 6.91. The highest BCUT2D eigenvalue weighted by Crippen LogP contribution is 2.29. The number of hydrogen-bond acceptors (Lipinski definition) is 4. The van der Waals surface area contributed by atoms with Crippen LogP contribution in [0.15, 0.2) is 97.3 Å². The Morgan fingerprint density at radius 2 is 1.81 bits per heavy atom. The maximum atomic E-state index is 12.4. The van der Waals surface area contributed by atoms with Crippen LogP contribution in [-0.2, 0) is 24.2 Å². The summed E-state index contributed by atoms with van der Waals surface area (Å²) in [7, 11) is 0. The molecule has 1 aliphatic rings. The molecule has 4 aromatic rings. The first-order valence-corrected chi connectivity index (χ1v) is 13.2. The van der Waals surface area contributed by atoms with Gasteiger partial charge in [-0.1, -0.05) is 60.7 Å². The summed E-state index contributed by atoms with van der Waals surface area (Å²) in [6, 6.07) is 30.1. The molecule has 1 saturated carbocycles. The number of benzene rings is 3. The van der Waals surface area contributed by atoms with Gasteiger partial charge in [0.25, 0.3) is 0 Å². The van der Waals surface area contributed by atoms with Crippen molar-refractivity contribution in [2.75, 3.05) is 0 Å². The van der Waals surface area contributed by atoms with E-state index in [2.05, 4.69) is 65.8 Å². The minimum atomic E-state index is 0.232. The average molecular weight is 491 g/mol. The second-order valence-corrected chi connectivity index (χ2v) is 9.95. The topological polar surface area (TPSA) is 51.2 Å². The molecule has 0 aliphatic heterocycles. The largest absolute Gasteiger partial charge is 0.489 e. The highest BCUT2D eigenvalue weighted by atomic mass is 16.5. The van der Waals surface area contributed by atoms with E-state index in [0.29, 0.717) is 31.5 Å². The zero-order valence-electron chi connectivity index (χ0n) is 21.4. The Hall–Kier alpha value is -3.76. The standard InChI is InChI=1S/C33H34N2O2/c1-24(35-30-14-15-30)27-8-4-9-28(21-27)33-10-3-2-7-29(33)23-37-32-17-12-25(13-18-32)20-31(36)16-11-26-6-5-19-34-22-26/h2-10,12-13,17-19,21-22,24,30,35H,11,14-16,20,23H2,1H3. The summed E-state index contributed by atoms with van der Waals surface area (Å²) >= 11 is 0. The van der Waals surface area contributed by atoms with Crippen LogP contribution >= 0.6 is 0 Å². The number of aromatic nitrogens is 1. The molecule has 37 heavy (non-hydrogen) atoms. The Kier molecular flexibility index (Phi) is 8.07. The quantitative estimate of drug-likeness (QED) is 0.235. The molecule has 1 heterocycles. The number of ether oxygens (including phenoxy) is 1. The van der Waals surface area contributed by atoms with Crippen molar-refractivity contribution in [1.29, 1.82) is 0 Å². The van der Waals surface area contributed by atoms with Gasteiger partial charge < -0.3 is 10.1 Å². The smallest absolute Gasteiger partial charge is 0.137 e. The summed E-state index contributed by atoms with van der Waals surface area (Å²) < 4.78 is 6.15. The molecule has 0 radical (unpaired) electrons. The molecule has 1 atom stereocenters. The number of pyridine rings is 1. The maximum Gasteiger partial charge on any atom is 0.137 e. The summed E-state index contributed by atoms with van der Waals surface area (Å²) in [6.45, 7) is 2.73. The summed E-state index contributed by atoms with van der Waals surface area (Å²) in [5.74, 6) is 1.03. The van der Waals surface area contributed by atoms with Crippen molar-refractivity contribution >= 4 is 5.78 Å². The van der Waals surface area contributed by atoms with Gasteiger partial charge in [-0.3, -0.25) is 9.78 Å². The van der Waals surface area contributed by atoms with Crippen molar-refractivity contribution in [3.8, 4) is 16.9 Å². The molecule has 5 rings (SSSR count). The van der Waals surface area contributed by atoms with E-state index >= 15 is 0 Å². The SMILES string of the molecule is CC(NC1CC1)c1cccc(-c2ccccc2COc2ccc(CC(=O)CCc3cccnc3)cc2)c1. The van der Waals surface area contributed by atoms with E-state index in [1.165, 1.54) is 29.5 Å². The lowest BCUT2D eigenvalue weighted by molar-refractivity contribution is -0.118.